The average molecular weight is 326 g/mol. The first kappa shape index (κ1) is 17.7. The number of para-hydroxylation sites is 1. The van der Waals surface area contributed by atoms with Crippen LogP contribution in [0.15, 0.2) is 42.5 Å². The lowest BCUT2D eigenvalue weighted by atomic mass is 10.1. The molecule has 0 aliphatic carbocycles. The van der Waals surface area contributed by atoms with Crippen molar-refractivity contribution in [2.24, 2.45) is 0 Å². The molecule has 0 saturated carbocycles. The van der Waals surface area contributed by atoms with Gasteiger partial charge >= 0.3 is 0 Å². The topological polar surface area (TPSA) is 67.4 Å². The predicted octanol–water partition coefficient (Wildman–Crippen LogP) is 2.93. The number of rotatable bonds is 6. The van der Waals surface area contributed by atoms with Crippen LogP contribution in [0.3, 0.4) is 0 Å². The van der Waals surface area contributed by atoms with E-state index in [0.29, 0.717) is 24.3 Å². The Kier molecular flexibility index (Phi) is 6.09. The second kappa shape index (κ2) is 8.26. The minimum absolute atomic E-state index is 0.228. The Bertz CT molecular complexity index is 721. The van der Waals surface area contributed by atoms with Crippen molar-refractivity contribution in [1.82, 2.24) is 5.32 Å². The summed E-state index contributed by atoms with van der Waals surface area (Å²) in [6.07, 6.45) is 0. The van der Waals surface area contributed by atoms with Crippen LogP contribution in [0.25, 0.3) is 0 Å². The average Bonchev–Trinajstić information content (AvgIpc) is 2.58. The summed E-state index contributed by atoms with van der Waals surface area (Å²) in [7, 11) is 1.57. The molecule has 0 saturated heterocycles. The Hall–Kier alpha value is -2.66. The van der Waals surface area contributed by atoms with E-state index < -0.39 is 0 Å². The fraction of sp³-hybridized carbons (Fsp3) is 0.263. The van der Waals surface area contributed by atoms with Crippen LogP contribution in [0.5, 0.6) is 0 Å². The number of aryl methyl sites for hydroxylation is 2. The van der Waals surface area contributed by atoms with Crippen molar-refractivity contribution in [2.45, 2.75) is 13.8 Å². The summed E-state index contributed by atoms with van der Waals surface area (Å²) in [5.74, 6) is -0.465. The van der Waals surface area contributed by atoms with Gasteiger partial charge in [-0.05, 0) is 43.2 Å². The van der Waals surface area contributed by atoms with Crippen LogP contribution in [0.1, 0.15) is 31.8 Å². The van der Waals surface area contributed by atoms with Gasteiger partial charge in [-0.3, -0.25) is 9.59 Å². The number of anilines is 1. The van der Waals surface area contributed by atoms with E-state index in [0.717, 1.165) is 16.8 Å². The molecule has 0 aliphatic heterocycles. The molecule has 2 aromatic carbocycles. The highest BCUT2D eigenvalue weighted by Gasteiger charge is 2.12. The fourth-order valence-corrected chi connectivity index (χ4v) is 2.37. The van der Waals surface area contributed by atoms with Crippen molar-refractivity contribution in [3.05, 3.63) is 64.7 Å². The maximum atomic E-state index is 12.5. The highest BCUT2D eigenvalue weighted by atomic mass is 16.5. The molecule has 126 valence electrons. The Morgan fingerprint density at radius 1 is 0.958 bits per heavy atom. The lowest BCUT2D eigenvalue weighted by molar-refractivity contribution is 0.0937. The minimum atomic E-state index is -0.237. The second-order valence-electron chi connectivity index (χ2n) is 5.55. The van der Waals surface area contributed by atoms with Crippen LogP contribution in [0, 0.1) is 13.8 Å². The summed E-state index contributed by atoms with van der Waals surface area (Å²) >= 11 is 0. The summed E-state index contributed by atoms with van der Waals surface area (Å²) in [5, 5.41) is 5.66. The highest BCUT2D eigenvalue weighted by Crippen LogP contribution is 2.20. The maximum Gasteiger partial charge on any atom is 0.255 e. The van der Waals surface area contributed by atoms with Gasteiger partial charge < -0.3 is 15.4 Å². The SMILES string of the molecule is COCCNC(=O)c1cccc(C(=O)Nc2c(C)cccc2C)c1. The van der Waals surface area contributed by atoms with Gasteiger partial charge in [-0.1, -0.05) is 24.3 Å². The predicted molar refractivity (Wildman–Crippen MR) is 94.5 cm³/mol. The molecule has 0 aromatic heterocycles. The van der Waals surface area contributed by atoms with Gasteiger partial charge in [-0.25, -0.2) is 0 Å². The van der Waals surface area contributed by atoms with Crippen LogP contribution in [-0.2, 0) is 4.74 Å². The van der Waals surface area contributed by atoms with Crippen LogP contribution in [0.2, 0.25) is 0 Å². The quantitative estimate of drug-likeness (QED) is 0.802. The number of hydrogen-bond acceptors (Lipinski definition) is 3. The van der Waals surface area contributed by atoms with Gasteiger partial charge in [0.2, 0.25) is 0 Å². The molecule has 0 spiro atoms. The Balaban J connectivity index is 2.13. The lowest BCUT2D eigenvalue weighted by Crippen LogP contribution is -2.27. The molecule has 5 nitrogen and oxygen atoms in total. The smallest absolute Gasteiger partial charge is 0.255 e. The molecule has 0 atom stereocenters. The summed E-state index contributed by atoms with van der Waals surface area (Å²) in [4.78, 5) is 24.6. The van der Waals surface area contributed by atoms with Gasteiger partial charge in [-0.15, -0.1) is 0 Å². The third kappa shape index (κ3) is 4.43. The van der Waals surface area contributed by atoms with E-state index in [1.54, 1.807) is 31.4 Å². The van der Waals surface area contributed by atoms with Crippen molar-refractivity contribution in [2.75, 3.05) is 25.6 Å². The Morgan fingerprint density at radius 3 is 2.17 bits per heavy atom. The largest absolute Gasteiger partial charge is 0.383 e. The summed E-state index contributed by atoms with van der Waals surface area (Å²) < 4.78 is 4.90. The summed E-state index contributed by atoms with van der Waals surface area (Å²) in [6, 6.07) is 12.5. The van der Waals surface area contributed by atoms with Crippen molar-refractivity contribution < 1.29 is 14.3 Å². The molecule has 0 aliphatic rings. The van der Waals surface area contributed by atoms with E-state index in [-0.39, 0.29) is 11.8 Å². The monoisotopic (exact) mass is 326 g/mol. The summed E-state index contributed by atoms with van der Waals surface area (Å²) in [5.41, 5.74) is 3.68. The first-order valence-corrected chi connectivity index (χ1v) is 7.77. The minimum Gasteiger partial charge on any atom is -0.383 e. The molecule has 0 unspecified atom stereocenters. The first-order chi connectivity index (χ1) is 11.5. The molecule has 0 fully saturated rings. The number of ether oxygens (including phenoxy) is 1. The van der Waals surface area contributed by atoms with E-state index in [9.17, 15) is 9.59 Å². The standard InChI is InChI=1S/C19H22N2O3/c1-13-6-4-7-14(2)17(13)21-19(23)16-9-5-8-15(12-16)18(22)20-10-11-24-3/h4-9,12H,10-11H2,1-3H3,(H,20,22)(H,21,23). The molecule has 24 heavy (non-hydrogen) atoms. The molecule has 2 N–H and O–H groups in total. The number of nitrogens with one attached hydrogen (secondary N) is 2. The van der Waals surface area contributed by atoms with Gasteiger partial charge in [-0.2, -0.15) is 0 Å². The van der Waals surface area contributed by atoms with Gasteiger partial charge in [0.25, 0.3) is 11.8 Å². The van der Waals surface area contributed by atoms with E-state index in [4.69, 9.17) is 4.74 Å². The van der Waals surface area contributed by atoms with Crippen LogP contribution in [0.4, 0.5) is 5.69 Å². The van der Waals surface area contributed by atoms with E-state index >= 15 is 0 Å². The number of hydrogen-bond donors (Lipinski definition) is 2. The number of carbonyl (C=O) groups is 2. The highest BCUT2D eigenvalue weighted by molar-refractivity contribution is 6.06. The zero-order chi connectivity index (χ0) is 17.5. The molecule has 2 amide bonds. The molecule has 0 radical (unpaired) electrons. The third-order valence-electron chi connectivity index (χ3n) is 3.70. The molecular weight excluding hydrogens is 304 g/mol. The van der Waals surface area contributed by atoms with Crippen LogP contribution >= 0.6 is 0 Å². The summed E-state index contributed by atoms with van der Waals surface area (Å²) in [6.45, 7) is 4.76. The fourth-order valence-electron chi connectivity index (χ4n) is 2.37. The van der Waals surface area contributed by atoms with E-state index in [1.165, 1.54) is 0 Å². The number of amides is 2. The van der Waals surface area contributed by atoms with E-state index in [1.807, 2.05) is 32.0 Å². The molecule has 2 aromatic rings. The van der Waals surface area contributed by atoms with Crippen molar-refractivity contribution in [3.63, 3.8) is 0 Å². The van der Waals surface area contributed by atoms with E-state index in [2.05, 4.69) is 10.6 Å². The number of carbonyl (C=O) groups excluding carboxylic acids is 2. The molecular formula is C19H22N2O3. The van der Waals surface area contributed by atoms with Crippen molar-refractivity contribution in [3.8, 4) is 0 Å². The molecule has 2 rings (SSSR count). The normalized spacial score (nSPS) is 10.3. The Morgan fingerprint density at radius 2 is 1.54 bits per heavy atom. The Labute approximate surface area is 142 Å². The molecule has 0 bridgehead atoms. The molecule has 5 heteroatoms. The van der Waals surface area contributed by atoms with Gasteiger partial charge in [0.15, 0.2) is 0 Å². The van der Waals surface area contributed by atoms with Crippen molar-refractivity contribution in [1.29, 1.82) is 0 Å². The first-order valence-electron chi connectivity index (χ1n) is 7.77. The third-order valence-corrected chi connectivity index (χ3v) is 3.70. The number of methoxy groups -OCH3 is 1. The van der Waals surface area contributed by atoms with Crippen LogP contribution in [-0.4, -0.2) is 32.1 Å². The zero-order valence-corrected chi connectivity index (χ0v) is 14.2. The maximum absolute atomic E-state index is 12.5. The number of benzene rings is 2. The lowest BCUT2D eigenvalue weighted by Gasteiger charge is -2.12. The zero-order valence-electron chi connectivity index (χ0n) is 14.2. The van der Waals surface area contributed by atoms with Gasteiger partial charge in [0.05, 0.1) is 6.61 Å². The van der Waals surface area contributed by atoms with Crippen molar-refractivity contribution >= 4 is 17.5 Å². The van der Waals surface area contributed by atoms with Gasteiger partial charge in [0.1, 0.15) is 0 Å². The second-order valence-corrected chi connectivity index (χ2v) is 5.55. The molecule has 0 heterocycles. The van der Waals surface area contributed by atoms with Crippen LogP contribution < -0.4 is 10.6 Å². The van der Waals surface area contributed by atoms with Gasteiger partial charge in [0, 0.05) is 30.5 Å².